The predicted octanol–water partition coefficient (Wildman–Crippen LogP) is 3.17. The highest BCUT2D eigenvalue weighted by Gasteiger charge is 2.35. The minimum Gasteiger partial charge on any atom is -0.381 e. The third-order valence-corrected chi connectivity index (χ3v) is 5.97. The molecule has 2 N–H and O–H groups in total. The summed E-state index contributed by atoms with van der Waals surface area (Å²) in [5.74, 6) is 0.817. The number of hydrogen-bond acceptors (Lipinski definition) is 4. The molecule has 0 spiro atoms. The SMILES string of the molecule is CN=C(NCc1ncc(C)s1)NCC1(c2ccccc2C)CCOCC1. The van der Waals surface area contributed by atoms with Crippen LogP contribution in [0.3, 0.4) is 0 Å². The fourth-order valence-electron chi connectivity index (χ4n) is 3.59. The van der Waals surface area contributed by atoms with Crippen molar-refractivity contribution in [1.29, 1.82) is 0 Å². The first-order valence-corrected chi connectivity index (χ1v) is 9.94. The molecule has 1 aromatic heterocycles. The highest BCUT2D eigenvalue weighted by molar-refractivity contribution is 7.11. The second-order valence-corrected chi connectivity index (χ2v) is 8.17. The van der Waals surface area contributed by atoms with Crippen molar-refractivity contribution in [2.75, 3.05) is 26.8 Å². The van der Waals surface area contributed by atoms with Gasteiger partial charge in [-0.2, -0.15) is 0 Å². The van der Waals surface area contributed by atoms with Crippen LogP contribution in [0.4, 0.5) is 0 Å². The first-order valence-electron chi connectivity index (χ1n) is 9.13. The number of guanidine groups is 1. The van der Waals surface area contributed by atoms with Crippen molar-refractivity contribution in [3.05, 3.63) is 51.5 Å². The summed E-state index contributed by atoms with van der Waals surface area (Å²) in [5, 5.41) is 7.99. The highest BCUT2D eigenvalue weighted by Crippen LogP contribution is 2.36. The Bertz CT molecular complexity index is 750. The van der Waals surface area contributed by atoms with Gasteiger partial charge in [0.2, 0.25) is 0 Å². The zero-order chi connectivity index (χ0) is 18.4. The van der Waals surface area contributed by atoms with Gasteiger partial charge in [-0.25, -0.2) is 4.98 Å². The van der Waals surface area contributed by atoms with Crippen molar-refractivity contribution in [2.45, 2.75) is 38.6 Å². The second-order valence-electron chi connectivity index (χ2n) is 6.85. The van der Waals surface area contributed by atoms with Crippen molar-refractivity contribution in [3.63, 3.8) is 0 Å². The lowest BCUT2D eigenvalue weighted by molar-refractivity contribution is 0.0512. The molecule has 3 rings (SSSR count). The predicted molar refractivity (Wildman–Crippen MR) is 108 cm³/mol. The molecule has 5 nitrogen and oxygen atoms in total. The molecule has 0 atom stereocenters. The first kappa shape index (κ1) is 18.9. The Labute approximate surface area is 159 Å². The molecule has 6 heteroatoms. The maximum Gasteiger partial charge on any atom is 0.191 e. The van der Waals surface area contributed by atoms with Crippen molar-refractivity contribution in [1.82, 2.24) is 15.6 Å². The average Bonchev–Trinajstić information content (AvgIpc) is 3.08. The molecule has 140 valence electrons. The molecule has 1 aliphatic heterocycles. The van der Waals surface area contributed by atoms with Crippen LogP contribution >= 0.6 is 11.3 Å². The van der Waals surface area contributed by atoms with Crippen LogP contribution in [0.1, 0.15) is 33.9 Å². The summed E-state index contributed by atoms with van der Waals surface area (Å²) in [5.41, 5.74) is 2.85. The van der Waals surface area contributed by atoms with E-state index in [0.29, 0.717) is 6.54 Å². The third-order valence-electron chi connectivity index (χ3n) is 5.06. The Hall–Kier alpha value is -1.92. The minimum atomic E-state index is 0.0823. The molecular weight excluding hydrogens is 344 g/mol. The van der Waals surface area contributed by atoms with Gasteiger partial charge in [-0.3, -0.25) is 4.99 Å². The smallest absolute Gasteiger partial charge is 0.191 e. The van der Waals surface area contributed by atoms with Crippen molar-refractivity contribution in [2.24, 2.45) is 4.99 Å². The summed E-state index contributed by atoms with van der Waals surface area (Å²) >= 11 is 1.71. The monoisotopic (exact) mass is 372 g/mol. The molecule has 1 aliphatic rings. The van der Waals surface area contributed by atoms with Gasteiger partial charge in [0, 0.05) is 43.3 Å². The van der Waals surface area contributed by atoms with Gasteiger partial charge in [0.1, 0.15) is 5.01 Å². The quantitative estimate of drug-likeness (QED) is 0.625. The molecule has 0 unspecified atom stereocenters. The van der Waals surface area contributed by atoms with Gasteiger partial charge in [-0.1, -0.05) is 24.3 Å². The molecule has 2 aromatic rings. The maximum absolute atomic E-state index is 5.65. The van der Waals surface area contributed by atoms with E-state index in [0.717, 1.165) is 43.6 Å². The molecule has 0 bridgehead atoms. The number of nitrogens with one attached hydrogen (secondary N) is 2. The molecular formula is C20H28N4OS. The normalized spacial score (nSPS) is 17.1. The summed E-state index contributed by atoms with van der Waals surface area (Å²) < 4.78 is 5.65. The van der Waals surface area contributed by atoms with E-state index in [1.54, 1.807) is 11.3 Å². The molecule has 26 heavy (non-hydrogen) atoms. The summed E-state index contributed by atoms with van der Waals surface area (Å²) in [4.78, 5) is 10.0. The van der Waals surface area contributed by atoms with Crippen LogP contribution in [0.2, 0.25) is 0 Å². The molecule has 1 saturated heterocycles. The highest BCUT2D eigenvalue weighted by atomic mass is 32.1. The van der Waals surface area contributed by atoms with Crippen LogP contribution in [-0.4, -0.2) is 37.7 Å². The van der Waals surface area contributed by atoms with Crippen LogP contribution in [-0.2, 0) is 16.7 Å². The third kappa shape index (κ3) is 4.43. The number of thiazole rings is 1. The first-order chi connectivity index (χ1) is 12.6. The number of aryl methyl sites for hydroxylation is 2. The van der Waals surface area contributed by atoms with Gasteiger partial charge >= 0.3 is 0 Å². The maximum atomic E-state index is 5.65. The average molecular weight is 373 g/mol. The summed E-state index contributed by atoms with van der Waals surface area (Å²) in [6.07, 6.45) is 3.95. The zero-order valence-electron chi connectivity index (χ0n) is 15.8. The molecule has 0 aliphatic carbocycles. The van der Waals surface area contributed by atoms with Crippen molar-refractivity contribution >= 4 is 17.3 Å². The van der Waals surface area contributed by atoms with E-state index >= 15 is 0 Å². The van der Waals surface area contributed by atoms with Gasteiger partial charge < -0.3 is 15.4 Å². The van der Waals surface area contributed by atoms with Crippen LogP contribution in [0.5, 0.6) is 0 Å². The van der Waals surface area contributed by atoms with E-state index in [4.69, 9.17) is 4.74 Å². The Kier molecular flexibility index (Phi) is 6.27. The Balaban J connectivity index is 1.68. The van der Waals surface area contributed by atoms with Crippen LogP contribution in [0, 0.1) is 13.8 Å². The number of rotatable bonds is 5. The number of aliphatic imine (C=N–C) groups is 1. The Morgan fingerprint density at radius 3 is 2.65 bits per heavy atom. The van der Waals surface area contributed by atoms with Crippen LogP contribution in [0.15, 0.2) is 35.5 Å². The lowest BCUT2D eigenvalue weighted by atomic mass is 9.72. The van der Waals surface area contributed by atoms with Gasteiger partial charge in [0.05, 0.1) is 6.54 Å². The summed E-state index contributed by atoms with van der Waals surface area (Å²) in [7, 11) is 1.81. The van der Waals surface area contributed by atoms with E-state index in [9.17, 15) is 0 Å². The van der Waals surface area contributed by atoms with Gasteiger partial charge in [0.15, 0.2) is 5.96 Å². The molecule has 0 saturated carbocycles. The number of nitrogens with zero attached hydrogens (tertiary/aromatic N) is 2. The number of aromatic nitrogens is 1. The van der Waals surface area contributed by atoms with Gasteiger partial charge in [-0.15, -0.1) is 11.3 Å². The van der Waals surface area contributed by atoms with E-state index in [2.05, 4.69) is 58.7 Å². The Morgan fingerprint density at radius 1 is 1.23 bits per heavy atom. The zero-order valence-corrected chi connectivity index (χ0v) is 16.7. The number of benzene rings is 1. The molecule has 1 aromatic carbocycles. The largest absolute Gasteiger partial charge is 0.381 e. The number of hydrogen-bond donors (Lipinski definition) is 2. The lowest BCUT2D eigenvalue weighted by Crippen LogP contribution is -2.48. The Morgan fingerprint density at radius 2 is 2.00 bits per heavy atom. The van der Waals surface area contributed by atoms with Gasteiger partial charge in [0.25, 0.3) is 0 Å². The summed E-state index contributed by atoms with van der Waals surface area (Å²) in [6, 6.07) is 8.70. The molecule has 2 heterocycles. The fraction of sp³-hybridized carbons (Fsp3) is 0.500. The van der Waals surface area contributed by atoms with E-state index < -0.39 is 0 Å². The van der Waals surface area contributed by atoms with Gasteiger partial charge in [-0.05, 0) is 37.8 Å². The lowest BCUT2D eigenvalue weighted by Gasteiger charge is -2.39. The van der Waals surface area contributed by atoms with Crippen molar-refractivity contribution in [3.8, 4) is 0 Å². The molecule has 1 fully saturated rings. The van der Waals surface area contributed by atoms with E-state index in [1.807, 2.05) is 13.2 Å². The second kappa shape index (κ2) is 8.64. The molecule has 0 amide bonds. The standard InChI is InChI=1S/C20H28N4OS/c1-15-6-4-5-7-17(15)20(8-10-25-11-9-20)14-24-19(21-3)23-13-18-22-12-16(2)26-18/h4-7,12H,8-11,13-14H2,1-3H3,(H2,21,23,24). The van der Waals surface area contributed by atoms with Crippen LogP contribution < -0.4 is 10.6 Å². The van der Waals surface area contributed by atoms with Crippen molar-refractivity contribution < 1.29 is 4.74 Å². The van der Waals surface area contributed by atoms with E-state index in [-0.39, 0.29) is 5.41 Å². The summed E-state index contributed by atoms with van der Waals surface area (Å²) in [6.45, 7) is 7.42. The topological polar surface area (TPSA) is 58.5 Å². The van der Waals surface area contributed by atoms with Crippen LogP contribution in [0.25, 0.3) is 0 Å². The fourth-order valence-corrected chi connectivity index (χ4v) is 4.31. The minimum absolute atomic E-state index is 0.0823. The molecule has 0 radical (unpaired) electrons. The number of ether oxygens (including phenoxy) is 1. The van der Waals surface area contributed by atoms with E-state index in [1.165, 1.54) is 16.0 Å².